The second-order valence-corrected chi connectivity index (χ2v) is 4.01. The lowest BCUT2D eigenvalue weighted by atomic mass is 10.2. The number of hydrogen-bond acceptors (Lipinski definition) is 4. The van der Waals surface area contributed by atoms with Crippen molar-refractivity contribution in [1.82, 2.24) is 10.6 Å². The van der Waals surface area contributed by atoms with Crippen molar-refractivity contribution in [3.8, 4) is 11.5 Å². The zero-order valence-corrected chi connectivity index (χ0v) is 11.4. The fourth-order valence-electron chi connectivity index (χ4n) is 1.48. The Hall–Kier alpha value is -1.46. The van der Waals surface area contributed by atoms with E-state index in [4.69, 9.17) is 21.1 Å². The van der Waals surface area contributed by atoms with E-state index in [2.05, 4.69) is 10.6 Å². The first kappa shape index (κ1) is 14.6. The standard InChI is InChI=1S/C12H17ClN2O3/c1-14-7-12(16)15-6-8-4-11(18-3)9(13)5-10(8)17-2/h4-5,14H,6-7H2,1-3H3,(H,15,16). The van der Waals surface area contributed by atoms with Crippen LogP contribution in [-0.4, -0.2) is 33.7 Å². The first-order chi connectivity index (χ1) is 8.62. The number of benzene rings is 1. The molecule has 100 valence electrons. The second kappa shape index (κ2) is 7.08. The van der Waals surface area contributed by atoms with Gasteiger partial charge in [-0.3, -0.25) is 4.79 Å². The van der Waals surface area contributed by atoms with Crippen LogP contribution >= 0.6 is 11.6 Å². The summed E-state index contributed by atoms with van der Waals surface area (Å²) in [6.45, 7) is 0.629. The van der Waals surface area contributed by atoms with Crippen LogP contribution in [0.2, 0.25) is 5.02 Å². The maximum absolute atomic E-state index is 11.4. The Morgan fingerprint density at radius 1 is 1.28 bits per heavy atom. The van der Waals surface area contributed by atoms with E-state index in [1.807, 2.05) is 0 Å². The molecule has 0 aliphatic rings. The van der Waals surface area contributed by atoms with Crippen LogP contribution in [0.4, 0.5) is 0 Å². The number of halogens is 1. The molecule has 0 saturated heterocycles. The fourth-order valence-corrected chi connectivity index (χ4v) is 1.71. The average molecular weight is 273 g/mol. The molecule has 1 aromatic carbocycles. The molecule has 1 rings (SSSR count). The van der Waals surface area contributed by atoms with E-state index in [-0.39, 0.29) is 12.5 Å². The van der Waals surface area contributed by atoms with Crippen molar-refractivity contribution in [2.24, 2.45) is 0 Å². The van der Waals surface area contributed by atoms with Crippen molar-refractivity contribution in [3.05, 3.63) is 22.7 Å². The van der Waals surface area contributed by atoms with E-state index in [9.17, 15) is 4.79 Å². The Labute approximate surface area is 111 Å². The molecule has 0 unspecified atom stereocenters. The lowest BCUT2D eigenvalue weighted by Crippen LogP contribution is -2.31. The van der Waals surface area contributed by atoms with Gasteiger partial charge in [-0.05, 0) is 13.1 Å². The van der Waals surface area contributed by atoms with E-state index in [1.54, 1.807) is 26.3 Å². The highest BCUT2D eigenvalue weighted by Gasteiger charge is 2.10. The number of hydrogen-bond donors (Lipinski definition) is 2. The molecule has 0 radical (unpaired) electrons. The molecule has 2 N–H and O–H groups in total. The maximum Gasteiger partial charge on any atom is 0.234 e. The summed E-state index contributed by atoms with van der Waals surface area (Å²) in [6.07, 6.45) is 0. The van der Waals surface area contributed by atoms with Gasteiger partial charge in [-0.2, -0.15) is 0 Å². The molecule has 1 amide bonds. The summed E-state index contributed by atoms with van der Waals surface area (Å²) < 4.78 is 10.3. The van der Waals surface area contributed by atoms with E-state index in [0.29, 0.717) is 23.1 Å². The Bertz CT molecular complexity index is 424. The van der Waals surface area contributed by atoms with E-state index < -0.39 is 0 Å². The SMILES string of the molecule is CNCC(=O)NCc1cc(OC)c(Cl)cc1OC. The number of amides is 1. The zero-order valence-electron chi connectivity index (χ0n) is 10.7. The summed E-state index contributed by atoms with van der Waals surface area (Å²) in [7, 11) is 4.81. The first-order valence-electron chi connectivity index (χ1n) is 5.44. The number of rotatable bonds is 6. The van der Waals surface area contributed by atoms with Crippen LogP contribution in [0.15, 0.2) is 12.1 Å². The Kier molecular flexibility index (Phi) is 5.74. The van der Waals surface area contributed by atoms with Crippen molar-refractivity contribution in [2.75, 3.05) is 27.8 Å². The van der Waals surface area contributed by atoms with Gasteiger partial charge in [0, 0.05) is 18.2 Å². The van der Waals surface area contributed by atoms with Gasteiger partial charge in [-0.25, -0.2) is 0 Å². The van der Waals surface area contributed by atoms with Crippen molar-refractivity contribution in [2.45, 2.75) is 6.54 Å². The molecule has 6 heteroatoms. The summed E-state index contributed by atoms with van der Waals surface area (Å²) in [4.78, 5) is 11.4. The van der Waals surface area contributed by atoms with Crippen molar-refractivity contribution in [1.29, 1.82) is 0 Å². The second-order valence-electron chi connectivity index (χ2n) is 3.61. The topological polar surface area (TPSA) is 59.6 Å². The predicted molar refractivity (Wildman–Crippen MR) is 70.3 cm³/mol. The highest BCUT2D eigenvalue weighted by atomic mass is 35.5. The normalized spacial score (nSPS) is 10.0. The number of ether oxygens (including phenoxy) is 2. The molecule has 0 aliphatic carbocycles. The first-order valence-corrected chi connectivity index (χ1v) is 5.81. The van der Waals surface area contributed by atoms with Crippen LogP contribution in [0.1, 0.15) is 5.56 Å². The third-order valence-corrected chi connectivity index (χ3v) is 2.66. The zero-order chi connectivity index (χ0) is 13.5. The van der Waals surface area contributed by atoms with E-state index in [0.717, 1.165) is 5.56 Å². The molecule has 0 spiro atoms. The van der Waals surface area contributed by atoms with Crippen molar-refractivity contribution < 1.29 is 14.3 Å². The molecule has 0 aromatic heterocycles. The summed E-state index contributed by atoms with van der Waals surface area (Å²) in [5.74, 6) is 1.08. The van der Waals surface area contributed by atoms with Crippen LogP contribution in [-0.2, 0) is 11.3 Å². The Morgan fingerprint density at radius 3 is 2.50 bits per heavy atom. The maximum atomic E-state index is 11.4. The molecule has 0 atom stereocenters. The minimum atomic E-state index is -0.0894. The molecular formula is C12H17ClN2O3. The van der Waals surface area contributed by atoms with Gasteiger partial charge in [0.2, 0.25) is 5.91 Å². The Morgan fingerprint density at radius 2 is 1.94 bits per heavy atom. The lowest BCUT2D eigenvalue weighted by molar-refractivity contribution is -0.120. The van der Waals surface area contributed by atoms with E-state index >= 15 is 0 Å². The highest BCUT2D eigenvalue weighted by Crippen LogP contribution is 2.32. The highest BCUT2D eigenvalue weighted by molar-refractivity contribution is 6.32. The fraction of sp³-hybridized carbons (Fsp3) is 0.417. The molecule has 1 aromatic rings. The molecule has 0 heterocycles. The molecule has 0 fully saturated rings. The Balaban J connectivity index is 2.83. The molecule has 18 heavy (non-hydrogen) atoms. The minimum Gasteiger partial charge on any atom is -0.496 e. The van der Waals surface area contributed by atoms with Crippen molar-refractivity contribution >= 4 is 17.5 Å². The van der Waals surface area contributed by atoms with Crippen molar-refractivity contribution in [3.63, 3.8) is 0 Å². The smallest absolute Gasteiger partial charge is 0.234 e. The molecule has 0 bridgehead atoms. The molecule has 5 nitrogen and oxygen atoms in total. The van der Waals surface area contributed by atoms with Crippen LogP contribution in [0, 0.1) is 0 Å². The summed E-state index contributed by atoms with van der Waals surface area (Å²) in [5.41, 5.74) is 0.809. The predicted octanol–water partition coefficient (Wildman–Crippen LogP) is 1.19. The summed E-state index contributed by atoms with van der Waals surface area (Å²) in [6, 6.07) is 3.42. The van der Waals surface area contributed by atoms with Crippen LogP contribution in [0.3, 0.4) is 0 Å². The summed E-state index contributed by atoms with van der Waals surface area (Å²) >= 11 is 5.99. The van der Waals surface area contributed by atoms with Gasteiger partial charge >= 0.3 is 0 Å². The number of likely N-dealkylation sites (N-methyl/N-ethyl adjacent to an activating group) is 1. The number of carbonyl (C=O) groups is 1. The van der Waals surface area contributed by atoms with Crippen LogP contribution in [0.5, 0.6) is 11.5 Å². The monoisotopic (exact) mass is 272 g/mol. The van der Waals surface area contributed by atoms with Gasteiger partial charge in [0.15, 0.2) is 0 Å². The molecular weight excluding hydrogens is 256 g/mol. The molecule has 0 saturated carbocycles. The quantitative estimate of drug-likeness (QED) is 0.817. The third kappa shape index (κ3) is 3.78. The van der Waals surface area contributed by atoms with Crippen LogP contribution < -0.4 is 20.1 Å². The summed E-state index contributed by atoms with van der Waals surface area (Å²) in [5, 5.41) is 6.01. The average Bonchev–Trinajstić information content (AvgIpc) is 2.37. The van der Waals surface area contributed by atoms with Gasteiger partial charge < -0.3 is 20.1 Å². The van der Waals surface area contributed by atoms with E-state index in [1.165, 1.54) is 7.11 Å². The third-order valence-electron chi connectivity index (χ3n) is 2.37. The van der Waals surface area contributed by atoms with Crippen LogP contribution in [0.25, 0.3) is 0 Å². The largest absolute Gasteiger partial charge is 0.496 e. The number of carbonyl (C=O) groups excluding carboxylic acids is 1. The van der Waals surface area contributed by atoms with Gasteiger partial charge in [-0.1, -0.05) is 11.6 Å². The van der Waals surface area contributed by atoms with Gasteiger partial charge in [0.1, 0.15) is 11.5 Å². The van der Waals surface area contributed by atoms with Gasteiger partial charge in [0.05, 0.1) is 25.8 Å². The minimum absolute atomic E-state index is 0.0894. The van der Waals surface area contributed by atoms with Gasteiger partial charge in [0.25, 0.3) is 0 Å². The van der Waals surface area contributed by atoms with Gasteiger partial charge in [-0.15, -0.1) is 0 Å². The lowest BCUT2D eigenvalue weighted by Gasteiger charge is -2.12. The number of nitrogens with one attached hydrogen (secondary N) is 2. The molecule has 0 aliphatic heterocycles. The number of methoxy groups -OCH3 is 2.